The summed E-state index contributed by atoms with van der Waals surface area (Å²) in [5.41, 5.74) is 0.333. The Bertz CT molecular complexity index is 447. The van der Waals surface area contributed by atoms with Gasteiger partial charge in [0.25, 0.3) is 0 Å². The number of hydrogen-bond donors (Lipinski definition) is 1. The van der Waals surface area contributed by atoms with Crippen LogP contribution in [0.4, 0.5) is 10.1 Å². The van der Waals surface area contributed by atoms with Gasteiger partial charge < -0.3 is 5.32 Å². The van der Waals surface area contributed by atoms with Crippen LogP contribution in [0.15, 0.2) is 18.2 Å². The first-order valence-corrected chi connectivity index (χ1v) is 5.98. The van der Waals surface area contributed by atoms with Crippen molar-refractivity contribution >= 4 is 5.69 Å². The van der Waals surface area contributed by atoms with Crippen LogP contribution >= 0.6 is 0 Å². The molecular weight excluding hydrogens is 237 g/mol. The molecular formula is C12H16FN3O2. The quantitative estimate of drug-likeness (QED) is 0.658. The number of rotatable bonds is 3. The van der Waals surface area contributed by atoms with Crippen molar-refractivity contribution in [2.75, 3.05) is 26.2 Å². The summed E-state index contributed by atoms with van der Waals surface area (Å²) in [6.07, 6.45) is 0. The first-order chi connectivity index (χ1) is 8.59. The molecule has 1 aromatic carbocycles. The molecule has 0 aromatic heterocycles. The van der Waals surface area contributed by atoms with Gasteiger partial charge in [-0.3, -0.25) is 15.0 Å². The van der Waals surface area contributed by atoms with Crippen LogP contribution in [-0.2, 0) is 0 Å². The summed E-state index contributed by atoms with van der Waals surface area (Å²) in [4.78, 5) is 12.3. The predicted molar refractivity (Wildman–Crippen MR) is 65.9 cm³/mol. The number of nitrogens with zero attached hydrogens (tertiary/aromatic N) is 2. The van der Waals surface area contributed by atoms with E-state index in [0.29, 0.717) is 0 Å². The molecule has 1 atom stereocenters. The Hall–Kier alpha value is -1.53. The van der Waals surface area contributed by atoms with Crippen molar-refractivity contribution in [3.63, 3.8) is 0 Å². The Balaban J connectivity index is 2.21. The molecule has 0 radical (unpaired) electrons. The summed E-state index contributed by atoms with van der Waals surface area (Å²) in [7, 11) is 0. The molecule has 1 fully saturated rings. The van der Waals surface area contributed by atoms with Gasteiger partial charge in [-0.05, 0) is 18.6 Å². The van der Waals surface area contributed by atoms with Gasteiger partial charge in [0.05, 0.1) is 4.92 Å². The summed E-state index contributed by atoms with van der Waals surface area (Å²) in [5, 5.41) is 14.0. The topological polar surface area (TPSA) is 58.4 Å². The van der Waals surface area contributed by atoms with Gasteiger partial charge in [0, 0.05) is 38.3 Å². The van der Waals surface area contributed by atoms with Crippen molar-refractivity contribution in [3.8, 4) is 0 Å². The molecule has 1 aliphatic rings. The SMILES string of the molecule is C[C@@H](c1ccc(F)c([N+](=O)[O-])c1)N1CCNCC1. The standard InChI is InChI=1S/C12H16FN3O2/c1-9(15-6-4-14-5-7-15)10-2-3-11(13)12(8-10)16(17)18/h2-3,8-9,14H,4-7H2,1H3/t9-/m0/s1. The molecule has 0 saturated carbocycles. The minimum Gasteiger partial charge on any atom is -0.314 e. The van der Waals surface area contributed by atoms with E-state index in [-0.39, 0.29) is 6.04 Å². The van der Waals surface area contributed by atoms with Crippen LogP contribution in [0.5, 0.6) is 0 Å². The average Bonchev–Trinajstić information content (AvgIpc) is 2.39. The number of benzene rings is 1. The molecule has 0 unspecified atom stereocenters. The van der Waals surface area contributed by atoms with Gasteiger partial charge >= 0.3 is 5.69 Å². The Labute approximate surface area is 105 Å². The maximum atomic E-state index is 13.3. The van der Waals surface area contributed by atoms with E-state index in [0.717, 1.165) is 31.7 Å². The van der Waals surface area contributed by atoms with Crippen LogP contribution in [0.2, 0.25) is 0 Å². The third-order valence-corrected chi connectivity index (χ3v) is 3.35. The fraction of sp³-hybridized carbons (Fsp3) is 0.500. The number of nitro groups is 1. The molecule has 5 nitrogen and oxygen atoms in total. The number of piperazine rings is 1. The highest BCUT2D eigenvalue weighted by Gasteiger charge is 2.21. The Morgan fingerprint density at radius 3 is 2.72 bits per heavy atom. The van der Waals surface area contributed by atoms with E-state index in [2.05, 4.69) is 10.2 Å². The van der Waals surface area contributed by atoms with E-state index >= 15 is 0 Å². The fourth-order valence-corrected chi connectivity index (χ4v) is 2.21. The Morgan fingerprint density at radius 1 is 1.44 bits per heavy atom. The van der Waals surface area contributed by atoms with Crippen LogP contribution < -0.4 is 5.32 Å². The molecule has 0 amide bonds. The molecule has 0 spiro atoms. The van der Waals surface area contributed by atoms with E-state index in [1.165, 1.54) is 12.1 Å². The van der Waals surface area contributed by atoms with Crippen molar-refractivity contribution in [1.29, 1.82) is 0 Å². The minimum absolute atomic E-state index is 0.0615. The number of hydrogen-bond acceptors (Lipinski definition) is 4. The summed E-state index contributed by atoms with van der Waals surface area (Å²) in [6.45, 7) is 5.60. The lowest BCUT2D eigenvalue weighted by atomic mass is 10.1. The van der Waals surface area contributed by atoms with Gasteiger partial charge in [0.2, 0.25) is 5.82 Å². The molecule has 1 saturated heterocycles. The maximum absolute atomic E-state index is 13.3. The first kappa shape index (κ1) is 12.9. The highest BCUT2D eigenvalue weighted by molar-refractivity contribution is 5.37. The summed E-state index contributed by atoms with van der Waals surface area (Å²) < 4.78 is 13.3. The summed E-state index contributed by atoms with van der Waals surface area (Å²) in [5.74, 6) is -0.781. The predicted octanol–water partition coefficient (Wildman–Crippen LogP) is 1.70. The number of nitrogens with one attached hydrogen (secondary N) is 1. The lowest BCUT2D eigenvalue weighted by molar-refractivity contribution is -0.387. The molecule has 18 heavy (non-hydrogen) atoms. The molecule has 1 aliphatic heterocycles. The van der Waals surface area contributed by atoms with E-state index < -0.39 is 16.4 Å². The van der Waals surface area contributed by atoms with Crippen LogP contribution in [0, 0.1) is 15.9 Å². The van der Waals surface area contributed by atoms with Gasteiger partial charge in [-0.25, -0.2) is 0 Å². The zero-order valence-corrected chi connectivity index (χ0v) is 10.2. The molecule has 1 N–H and O–H groups in total. The van der Waals surface area contributed by atoms with Gasteiger partial charge in [0.15, 0.2) is 0 Å². The van der Waals surface area contributed by atoms with Gasteiger partial charge in [0.1, 0.15) is 0 Å². The molecule has 2 rings (SSSR count). The molecule has 0 aliphatic carbocycles. The van der Waals surface area contributed by atoms with Crippen LogP contribution in [0.25, 0.3) is 0 Å². The normalized spacial score (nSPS) is 18.6. The van der Waals surface area contributed by atoms with Crippen molar-refractivity contribution in [2.45, 2.75) is 13.0 Å². The maximum Gasteiger partial charge on any atom is 0.305 e. The van der Waals surface area contributed by atoms with Gasteiger partial charge in [-0.15, -0.1) is 0 Å². The lowest BCUT2D eigenvalue weighted by Gasteiger charge is -2.32. The summed E-state index contributed by atoms with van der Waals surface area (Å²) >= 11 is 0. The van der Waals surface area contributed by atoms with Crippen molar-refractivity contribution < 1.29 is 9.31 Å². The zero-order valence-electron chi connectivity index (χ0n) is 10.2. The van der Waals surface area contributed by atoms with Crippen molar-refractivity contribution in [2.24, 2.45) is 0 Å². The second-order valence-corrected chi connectivity index (χ2v) is 4.43. The monoisotopic (exact) mass is 253 g/mol. The van der Waals surface area contributed by atoms with E-state index in [4.69, 9.17) is 0 Å². The second kappa shape index (κ2) is 5.41. The second-order valence-electron chi connectivity index (χ2n) is 4.43. The molecule has 1 heterocycles. The smallest absolute Gasteiger partial charge is 0.305 e. The van der Waals surface area contributed by atoms with Crippen LogP contribution in [0.3, 0.4) is 0 Å². The van der Waals surface area contributed by atoms with E-state index in [9.17, 15) is 14.5 Å². The van der Waals surface area contributed by atoms with Crippen LogP contribution in [0.1, 0.15) is 18.5 Å². The highest BCUT2D eigenvalue weighted by atomic mass is 19.1. The average molecular weight is 253 g/mol. The summed E-state index contributed by atoms with van der Waals surface area (Å²) in [6, 6.07) is 4.19. The van der Waals surface area contributed by atoms with Gasteiger partial charge in [-0.1, -0.05) is 6.07 Å². The van der Waals surface area contributed by atoms with E-state index in [1.807, 2.05) is 6.92 Å². The Kier molecular flexibility index (Phi) is 3.88. The fourth-order valence-electron chi connectivity index (χ4n) is 2.21. The minimum atomic E-state index is -0.781. The van der Waals surface area contributed by atoms with Crippen molar-refractivity contribution in [1.82, 2.24) is 10.2 Å². The largest absolute Gasteiger partial charge is 0.314 e. The first-order valence-electron chi connectivity index (χ1n) is 5.98. The van der Waals surface area contributed by atoms with Gasteiger partial charge in [-0.2, -0.15) is 4.39 Å². The number of halogens is 1. The zero-order chi connectivity index (χ0) is 13.1. The third-order valence-electron chi connectivity index (χ3n) is 3.35. The van der Waals surface area contributed by atoms with Crippen LogP contribution in [-0.4, -0.2) is 36.0 Å². The highest BCUT2D eigenvalue weighted by Crippen LogP contribution is 2.26. The lowest BCUT2D eigenvalue weighted by Crippen LogP contribution is -2.44. The molecule has 1 aromatic rings. The number of nitro benzene ring substituents is 1. The third kappa shape index (κ3) is 2.65. The molecule has 98 valence electrons. The van der Waals surface area contributed by atoms with E-state index in [1.54, 1.807) is 6.07 Å². The molecule has 0 bridgehead atoms. The Morgan fingerprint density at radius 2 is 2.11 bits per heavy atom. The van der Waals surface area contributed by atoms with Crippen molar-refractivity contribution in [3.05, 3.63) is 39.7 Å². The molecule has 6 heteroatoms.